The van der Waals surface area contributed by atoms with E-state index in [0.29, 0.717) is 21.7 Å². The minimum absolute atomic E-state index is 0.0171. The molecule has 0 aliphatic carbocycles. The summed E-state index contributed by atoms with van der Waals surface area (Å²) in [5.41, 5.74) is 0.922. The van der Waals surface area contributed by atoms with Crippen LogP contribution in [0.1, 0.15) is 18.3 Å². The number of rotatable bonds is 6. The summed E-state index contributed by atoms with van der Waals surface area (Å²) in [6.45, 7) is -1.11. The number of allylic oxidation sites excluding steroid dienone is 1. The molecule has 0 unspecified atom stereocenters. The highest BCUT2D eigenvalue weighted by Gasteiger charge is 2.11. The predicted octanol–water partition coefficient (Wildman–Crippen LogP) is 2.80. The van der Waals surface area contributed by atoms with E-state index in [0.717, 1.165) is 0 Å². The number of aromatic nitrogens is 3. The second kappa shape index (κ2) is 7.82. The SMILES string of the molecule is CC(=CC(=O)NCc1n[nH]c(=S)n1C)c1ccccc1OC(F)F. The fourth-order valence-corrected chi connectivity index (χ4v) is 2.17. The van der Waals surface area contributed by atoms with Gasteiger partial charge in [-0.05, 0) is 30.8 Å². The van der Waals surface area contributed by atoms with E-state index in [9.17, 15) is 13.6 Å². The fourth-order valence-electron chi connectivity index (χ4n) is 2.02. The summed E-state index contributed by atoms with van der Waals surface area (Å²) in [5.74, 6) is 0.206. The summed E-state index contributed by atoms with van der Waals surface area (Å²) >= 11 is 4.98. The van der Waals surface area contributed by atoms with Crippen LogP contribution >= 0.6 is 12.2 Å². The van der Waals surface area contributed by atoms with Crippen molar-refractivity contribution in [2.24, 2.45) is 7.05 Å². The lowest BCUT2D eigenvalue weighted by molar-refractivity contribution is -0.116. The van der Waals surface area contributed by atoms with Crippen LogP contribution in [0.4, 0.5) is 8.78 Å². The number of amides is 1. The smallest absolute Gasteiger partial charge is 0.387 e. The summed E-state index contributed by atoms with van der Waals surface area (Å²) in [6.07, 6.45) is 1.31. The third-order valence-corrected chi connectivity index (χ3v) is 3.63. The first kappa shape index (κ1) is 17.8. The van der Waals surface area contributed by atoms with Gasteiger partial charge in [-0.25, -0.2) is 0 Å². The lowest BCUT2D eigenvalue weighted by Gasteiger charge is -2.11. The maximum Gasteiger partial charge on any atom is 0.387 e. The fraction of sp³-hybridized carbons (Fsp3) is 0.267. The van der Waals surface area contributed by atoms with E-state index in [1.807, 2.05) is 0 Å². The average molecular weight is 354 g/mol. The monoisotopic (exact) mass is 354 g/mol. The zero-order valence-corrected chi connectivity index (χ0v) is 13.9. The van der Waals surface area contributed by atoms with Crippen LogP contribution in [-0.2, 0) is 18.4 Å². The summed E-state index contributed by atoms with van der Waals surface area (Å²) < 4.78 is 31.4. The van der Waals surface area contributed by atoms with Crippen molar-refractivity contribution in [1.29, 1.82) is 0 Å². The van der Waals surface area contributed by atoms with E-state index in [-0.39, 0.29) is 18.2 Å². The van der Waals surface area contributed by atoms with E-state index in [1.54, 1.807) is 36.7 Å². The third-order valence-electron chi connectivity index (χ3n) is 3.27. The molecule has 0 saturated carbocycles. The normalized spacial score (nSPS) is 11.6. The van der Waals surface area contributed by atoms with Crippen LogP contribution in [0.25, 0.3) is 5.57 Å². The van der Waals surface area contributed by atoms with Gasteiger partial charge in [0.15, 0.2) is 10.6 Å². The quantitative estimate of drug-likeness (QED) is 0.618. The van der Waals surface area contributed by atoms with Crippen molar-refractivity contribution in [1.82, 2.24) is 20.1 Å². The predicted molar refractivity (Wildman–Crippen MR) is 87.0 cm³/mol. The molecule has 1 aromatic carbocycles. The van der Waals surface area contributed by atoms with Gasteiger partial charge in [0.2, 0.25) is 5.91 Å². The number of alkyl halides is 2. The molecule has 2 N–H and O–H groups in total. The Balaban J connectivity index is 2.08. The molecule has 0 saturated heterocycles. The van der Waals surface area contributed by atoms with Gasteiger partial charge in [0.1, 0.15) is 5.75 Å². The number of aromatic amines is 1. The highest BCUT2D eigenvalue weighted by atomic mass is 32.1. The van der Waals surface area contributed by atoms with Crippen LogP contribution < -0.4 is 10.1 Å². The van der Waals surface area contributed by atoms with Gasteiger partial charge >= 0.3 is 6.61 Å². The molecule has 2 rings (SSSR count). The van der Waals surface area contributed by atoms with Gasteiger partial charge in [0.25, 0.3) is 0 Å². The van der Waals surface area contributed by atoms with Gasteiger partial charge in [0.05, 0.1) is 6.54 Å². The number of carbonyl (C=O) groups excluding carboxylic acids is 1. The van der Waals surface area contributed by atoms with Gasteiger partial charge in [-0.3, -0.25) is 9.89 Å². The van der Waals surface area contributed by atoms with Crippen LogP contribution in [-0.4, -0.2) is 27.3 Å². The zero-order valence-electron chi connectivity index (χ0n) is 13.0. The van der Waals surface area contributed by atoms with Crippen molar-refractivity contribution >= 4 is 23.7 Å². The summed E-state index contributed by atoms with van der Waals surface area (Å²) in [6, 6.07) is 6.29. The minimum atomic E-state index is -2.93. The molecule has 6 nitrogen and oxygen atoms in total. The van der Waals surface area contributed by atoms with E-state index in [1.165, 1.54) is 12.1 Å². The first-order chi connectivity index (χ1) is 11.4. The molecule has 0 aliphatic rings. The van der Waals surface area contributed by atoms with Crippen molar-refractivity contribution < 1.29 is 18.3 Å². The van der Waals surface area contributed by atoms with Gasteiger partial charge < -0.3 is 14.6 Å². The van der Waals surface area contributed by atoms with Crippen molar-refractivity contribution in [3.05, 3.63) is 46.5 Å². The Morgan fingerprint density at radius 1 is 1.50 bits per heavy atom. The second-order valence-electron chi connectivity index (χ2n) is 4.92. The second-order valence-corrected chi connectivity index (χ2v) is 5.31. The lowest BCUT2D eigenvalue weighted by Crippen LogP contribution is -2.22. The highest BCUT2D eigenvalue weighted by Crippen LogP contribution is 2.26. The summed E-state index contributed by atoms with van der Waals surface area (Å²) in [7, 11) is 1.73. The van der Waals surface area contributed by atoms with Gasteiger partial charge in [-0.2, -0.15) is 13.9 Å². The van der Waals surface area contributed by atoms with Crippen molar-refractivity contribution in [2.75, 3.05) is 0 Å². The largest absolute Gasteiger partial charge is 0.434 e. The molecule has 1 aromatic heterocycles. The van der Waals surface area contributed by atoms with Crippen LogP contribution in [0, 0.1) is 4.77 Å². The molecular formula is C15H16F2N4O2S. The Hall–Kier alpha value is -2.55. The number of para-hydroxylation sites is 1. The Morgan fingerprint density at radius 3 is 2.83 bits per heavy atom. The van der Waals surface area contributed by atoms with E-state index in [4.69, 9.17) is 12.2 Å². The van der Waals surface area contributed by atoms with Crippen molar-refractivity contribution in [3.8, 4) is 5.75 Å². The topological polar surface area (TPSA) is 71.9 Å². The lowest BCUT2D eigenvalue weighted by atomic mass is 10.1. The van der Waals surface area contributed by atoms with E-state index < -0.39 is 6.61 Å². The standard InChI is InChI=1S/C15H16F2N4O2S/c1-9(10-5-3-4-6-11(10)23-14(16)17)7-13(22)18-8-12-19-20-15(24)21(12)2/h3-7,14H,8H2,1-2H3,(H,18,22)(H,20,24). The number of nitrogens with one attached hydrogen (secondary N) is 2. The summed E-state index contributed by atoms with van der Waals surface area (Å²) in [5, 5.41) is 9.25. The van der Waals surface area contributed by atoms with Crippen LogP contribution in [0.5, 0.6) is 5.75 Å². The molecule has 24 heavy (non-hydrogen) atoms. The average Bonchev–Trinajstić information content (AvgIpc) is 2.84. The molecule has 0 spiro atoms. The van der Waals surface area contributed by atoms with Gasteiger partial charge in [0, 0.05) is 18.7 Å². The Labute approximate surface area is 142 Å². The molecule has 1 heterocycles. The van der Waals surface area contributed by atoms with Crippen LogP contribution in [0.15, 0.2) is 30.3 Å². The first-order valence-electron chi connectivity index (χ1n) is 6.99. The maximum atomic E-state index is 12.4. The van der Waals surface area contributed by atoms with Gasteiger partial charge in [-0.1, -0.05) is 18.2 Å². The first-order valence-corrected chi connectivity index (χ1v) is 7.40. The Bertz CT molecular complexity index is 814. The minimum Gasteiger partial charge on any atom is -0.434 e. The Kier molecular flexibility index (Phi) is 5.80. The van der Waals surface area contributed by atoms with Crippen LogP contribution in [0.2, 0.25) is 0 Å². The number of ether oxygens (including phenoxy) is 1. The third kappa shape index (κ3) is 4.48. The molecule has 0 atom stereocenters. The van der Waals surface area contributed by atoms with Gasteiger partial charge in [-0.15, -0.1) is 0 Å². The molecule has 0 aliphatic heterocycles. The molecule has 1 amide bonds. The number of halogens is 2. The van der Waals surface area contributed by atoms with Crippen LogP contribution in [0.3, 0.4) is 0 Å². The molecule has 128 valence electrons. The maximum absolute atomic E-state index is 12.4. The molecule has 9 heteroatoms. The molecular weight excluding hydrogens is 338 g/mol. The molecule has 0 bridgehead atoms. The van der Waals surface area contributed by atoms with E-state index >= 15 is 0 Å². The summed E-state index contributed by atoms with van der Waals surface area (Å²) in [4.78, 5) is 12.0. The number of hydrogen-bond acceptors (Lipinski definition) is 4. The molecule has 2 aromatic rings. The van der Waals surface area contributed by atoms with Crippen molar-refractivity contribution in [3.63, 3.8) is 0 Å². The number of benzene rings is 1. The highest BCUT2D eigenvalue weighted by molar-refractivity contribution is 7.71. The Morgan fingerprint density at radius 2 is 2.21 bits per heavy atom. The number of hydrogen-bond donors (Lipinski definition) is 2. The number of nitrogens with zero attached hydrogens (tertiary/aromatic N) is 2. The number of carbonyl (C=O) groups is 1. The number of H-pyrrole nitrogens is 1. The zero-order chi connectivity index (χ0) is 17.7. The molecule has 0 fully saturated rings. The molecule has 0 radical (unpaired) electrons. The van der Waals surface area contributed by atoms with E-state index in [2.05, 4.69) is 20.3 Å². The van der Waals surface area contributed by atoms with Crippen molar-refractivity contribution in [2.45, 2.75) is 20.1 Å².